The van der Waals surface area contributed by atoms with Crippen LogP contribution in [0.4, 0.5) is 0 Å². The zero-order valence-electron chi connectivity index (χ0n) is 11.0. The van der Waals surface area contributed by atoms with Crippen LogP contribution in [0.3, 0.4) is 0 Å². The van der Waals surface area contributed by atoms with Crippen LogP contribution < -0.4 is 0 Å². The van der Waals surface area contributed by atoms with Gasteiger partial charge in [0.25, 0.3) is 0 Å². The van der Waals surface area contributed by atoms with Gasteiger partial charge in [-0.05, 0) is 12.1 Å². The van der Waals surface area contributed by atoms with E-state index in [1.54, 1.807) is 14.2 Å². The Morgan fingerprint density at radius 1 is 1.18 bits per heavy atom. The molecule has 1 aromatic heterocycles. The van der Waals surface area contributed by atoms with Crippen molar-refractivity contribution in [3.63, 3.8) is 0 Å². The van der Waals surface area contributed by atoms with Gasteiger partial charge < -0.3 is 13.9 Å². The van der Waals surface area contributed by atoms with Gasteiger partial charge >= 0.3 is 0 Å². The van der Waals surface area contributed by atoms with Crippen molar-refractivity contribution in [1.82, 2.24) is 4.98 Å². The number of hydrogen-bond acceptors (Lipinski definition) is 4. The lowest BCUT2D eigenvalue weighted by molar-refractivity contribution is -0.105. The van der Waals surface area contributed by atoms with E-state index in [0.717, 1.165) is 16.7 Å². The molecule has 0 bridgehead atoms. The molecule has 2 aromatic rings. The minimum atomic E-state index is -0.355. The Labute approximate surface area is 102 Å². The van der Waals surface area contributed by atoms with Crippen LogP contribution in [0.15, 0.2) is 22.6 Å². The normalized spacial score (nSPS) is 10.5. The maximum Gasteiger partial charge on any atom is 0.192 e. The average Bonchev–Trinajstić information content (AvgIpc) is 2.72. The molecular weight excluding hydrogens is 218 g/mol. The molecule has 4 nitrogen and oxygen atoms in total. The second-order valence-corrected chi connectivity index (χ2v) is 3.26. The average molecular weight is 237 g/mol. The minimum absolute atomic E-state index is 0.355. The van der Waals surface area contributed by atoms with Gasteiger partial charge in [-0.25, -0.2) is 4.98 Å². The number of hydrogen-bond donors (Lipinski definition) is 0. The molecule has 0 amide bonds. The Balaban J connectivity index is 0.000000686. The summed E-state index contributed by atoms with van der Waals surface area (Å²) in [4.78, 5) is 4.25. The molecule has 0 aliphatic carbocycles. The first-order valence-corrected chi connectivity index (χ1v) is 5.67. The number of fused-ring (bicyclic) bond motifs is 1. The summed E-state index contributed by atoms with van der Waals surface area (Å²) in [7, 11) is 3.21. The number of aryl methyl sites for hydroxylation is 1. The van der Waals surface area contributed by atoms with E-state index in [1.807, 2.05) is 39.0 Å². The van der Waals surface area contributed by atoms with Gasteiger partial charge in [0.05, 0.1) is 0 Å². The van der Waals surface area contributed by atoms with E-state index >= 15 is 0 Å². The maximum absolute atomic E-state index is 5.38. The minimum Gasteiger partial charge on any atom is -0.441 e. The van der Waals surface area contributed by atoms with E-state index < -0.39 is 0 Å². The monoisotopic (exact) mass is 237 g/mol. The number of nitrogens with zero attached hydrogens (tertiary/aromatic N) is 1. The number of ether oxygens (including phenoxy) is 2. The van der Waals surface area contributed by atoms with E-state index in [2.05, 4.69) is 4.98 Å². The molecule has 0 fully saturated rings. The number of aromatic nitrogens is 1. The molecular formula is C13H19NO3. The van der Waals surface area contributed by atoms with Crippen LogP contribution in [0, 0.1) is 6.92 Å². The van der Waals surface area contributed by atoms with Crippen LogP contribution in [-0.2, 0) is 9.47 Å². The summed E-state index contributed by atoms with van der Waals surface area (Å²) in [6, 6.07) is 5.68. The zero-order valence-corrected chi connectivity index (χ0v) is 11.0. The van der Waals surface area contributed by atoms with E-state index in [4.69, 9.17) is 13.9 Å². The van der Waals surface area contributed by atoms with Crippen LogP contribution in [0.2, 0.25) is 0 Å². The largest absolute Gasteiger partial charge is 0.441 e. The molecule has 0 radical (unpaired) electrons. The molecule has 2 rings (SSSR count). The van der Waals surface area contributed by atoms with Crippen LogP contribution >= 0.6 is 0 Å². The smallest absolute Gasteiger partial charge is 0.192 e. The van der Waals surface area contributed by atoms with Gasteiger partial charge in [-0.1, -0.05) is 19.9 Å². The third kappa shape index (κ3) is 3.05. The van der Waals surface area contributed by atoms with Crippen molar-refractivity contribution in [1.29, 1.82) is 0 Å². The molecule has 0 N–H and O–H groups in total. The van der Waals surface area contributed by atoms with Gasteiger partial charge in [-0.3, -0.25) is 0 Å². The molecule has 17 heavy (non-hydrogen) atoms. The Bertz CT molecular complexity index is 461. The summed E-state index contributed by atoms with van der Waals surface area (Å²) in [5, 5.41) is 0. The van der Waals surface area contributed by atoms with Gasteiger partial charge in [-0.2, -0.15) is 0 Å². The highest BCUT2D eigenvalue weighted by Gasteiger charge is 2.11. The van der Waals surface area contributed by atoms with Crippen LogP contribution in [0.1, 0.15) is 31.6 Å². The maximum atomic E-state index is 5.38. The fourth-order valence-electron chi connectivity index (χ4n) is 1.57. The Hall–Kier alpha value is -1.39. The summed E-state index contributed by atoms with van der Waals surface area (Å²) < 4.78 is 15.7. The quantitative estimate of drug-likeness (QED) is 0.767. The van der Waals surface area contributed by atoms with Crippen molar-refractivity contribution in [2.45, 2.75) is 27.1 Å². The van der Waals surface area contributed by atoms with Crippen molar-refractivity contribution in [2.75, 3.05) is 14.2 Å². The van der Waals surface area contributed by atoms with E-state index in [9.17, 15) is 0 Å². The molecule has 94 valence electrons. The van der Waals surface area contributed by atoms with Crippen molar-refractivity contribution in [2.24, 2.45) is 0 Å². The lowest BCUT2D eigenvalue weighted by atomic mass is 10.2. The Morgan fingerprint density at radius 2 is 1.82 bits per heavy atom. The SMILES string of the molecule is CC.COC(OC)c1ccc2oc(C)nc2c1. The van der Waals surface area contributed by atoms with Gasteiger partial charge in [-0.15, -0.1) is 0 Å². The second-order valence-electron chi connectivity index (χ2n) is 3.26. The molecule has 0 saturated carbocycles. The number of methoxy groups -OCH3 is 2. The predicted octanol–water partition coefficient (Wildman–Crippen LogP) is 3.45. The molecule has 1 heterocycles. The molecule has 0 aliphatic heterocycles. The van der Waals surface area contributed by atoms with E-state index in [0.29, 0.717) is 5.89 Å². The molecule has 0 unspecified atom stereocenters. The molecule has 4 heteroatoms. The number of oxazole rings is 1. The molecule has 0 atom stereocenters. The van der Waals surface area contributed by atoms with Crippen molar-refractivity contribution < 1.29 is 13.9 Å². The molecule has 1 aromatic carbocycles. The highest BCUT2D eigenvalue weighted by Crippen LogP contribution is 2.22. The van der Waals surface area contributed by atoms with Crippen molar-refractivity contribution >= 4 is 11.1 Å². The zero-order chi connectivity index (χ0) is 12.8. The van der Waals surface area contributed by atoms with E-state index in [-0.39, 0.29) is 6.29 Å². The van der Waals surface area contributed by atoms with Crippen LogP contribution in [0.5, 0.6) is 0 Å². The third-order valence-corrected chi connectivity index (χ3v) is 2.22. The lowest BCUT2D eigenvalue weighted by Crippen LogP contribution is -2.03. The summed E-state index contributed by atoms with van der Waals surface area (Å²) in [5.41, 5.74) is 2.53. The summed E-state index contributed by atoms with van der Waals surface area (Å²) >= 11 is 0. The topological polar surface area (TPSA) is 44.5 Å². The van der Waals surface area contributed by atoms with Gasteiger partial charge in [0.2, 0.25) is 0 Å². The van der Waals surface area contributed by atoms with E-state index in [1.165, 1.54) is 0 Å². The number of benzene rings is 1. The molecule has 0 aliphatic rings. The molecule has 0 saturated heterocycles. The van der Waals surface area contributed by atoms with Crippen molar-refractivity contribution in [3.8, 4) is 0 Å². The molecule has 0 spiro atoms. The van der Waals surface area contributed by atoms with Gasteiger partial charge in [0.1, 0.15) is 5.52 Å². The fourth-order valence-corrected chi connectivity index (χ4v) is 1.57. The first-order valence-electron chi connectivity index (χ1n) is 5.67. The summed E-state index contributed by atoms with van der Waals surface area (Å²) in [6.45, 7) is 5.82. The standard InChI is InChI=1S/C11H13NO3.C2H6/c1-7-12-9-6-8(11(13-2)14-3)4-5-10(9)15-7;1-2/h4-6,11H,1-3H3;1-2H3. The fraction of sp³-hybridized carbons (Fsp3) is 0.462. The number of rotatable bonds is 3. The highest BCUT2D eigenvalue weighted by atomic mass is 16.7. The second kappa shape index (κ2) is 6.37. The summed E-state index contributed by atoms with van der Waals surface area (Å²) in [5.74, 6) is 0.661. The Kier molecular flexibility index (Phi) is 5.12. The van der Waals surface area contributed by atoms with Gasteiger partial charge in [0, 0.05) is 26.7 Å². The lowest BCUT2D eigenvalue weighted by Gasteiger charge is -2.12. The van der Waals surface area contributed by atoms with Crippen LogP contribution in [-0.4, -0.2) is 19.2 Å². The Morgan fingerprint density at radius 3 is 2.41 bits per heavy atom. The van der Waals surface area contributed by atoms with Crippen LogP contribution in [0.25, 0.3) is 11.1 Å². The first kappa shape index (κ1) is 13.7. The third-order valence-electron chi connectivity index (χ3n) is 2.22. The highest BCUT2D eigenvalue weighted by molar-refractivity contribution is 5.73. The van der Waals surface area contributed by atoms with Gasteiger partial charge in [0.15, 0.2) is 17.8 Å². The first-order chi connectivity index (χ1) is 8.24. The predicted molar refractivity (Wildman–Crippen MR) is 66.9 cm³/mol. The summed E-state index contributed by atoms with van der Waals surface area (Å²) in [6.07, 6.45) is -0.355. The van der Waals surface area contributed by atoms with Crippen molar-refractivity contribution in [3.05, 3.63) is 29.7 Å².